The third-order valence-electron chi connectivity index (χ3n) is 5.16. The van der Waals surface area contributed by atoms with Crippen molar-refractivity contribution in [3.8, 4) is 5.82 Å². The summed E-state index contributed by atoms with van der Waals surface area (Å²) in [6, 6.07) is 4.20. The predicted octanol–water partition coefficient (Wildman–Crippen LogP) is 2.37. The summed E-state index contributed by atoms with van der Waals surface area (Å²) in [4.78, 5) is 17.9. The molecule has 0 aliphatic heterocycles. The number of fused-ring (bicyclic) bond motifs is 1. The van der Waals surface area contributed by atoms with Crippen LogP contribution in [0.1, 0.15) is 38.2 Å². The molecule has 0 unspecified atom stereocenters. The van der Waals surface area contributed by atoms with E-state index in [1.54, 1.807) is 23.3 Å². The fourth-order valence-electron chi connectivity index (χ4n) is 3.53. The van der Waals surface area contributed by atoms with Gasteiger partial charge in [-0.3, -0.25) is 4.99 Å². The third kappa shape index (κ3) is 5.02. The van der Waals surface area contributed by atoms with E-state index in [1.165, 1.54) is 19.0 Å². The lowest BCUT2D eigenvalue weighted by Crippen LogP contribution is -2.16. The molecule has 0 atom stereocenters. The van der Waals surface area contributed by atoms with Crippen LogP contribution in [-0.2, 0) is 4.74 Å². The second kappa shape index (κ2) is 10.1. The zero-order valence-corrected chi connectivity index (χ0v) is 17.6. The minimum absolute atomic E-state index is 0.427. The molecule has 0 amide bonds. The molecule has 31 heavy (non-hydrogen) atoms. The van der Waals surface area contributed by atoms with Gasteiger partial charge in [0.25, 0.3) is 0 Å². The summed E-state index contributed by atoms with van der Waals surface area (Å²) in [5, 5.41) is 11.8. The van der Waals surface area contributed by atoms with Crippen LogP contribution in [0, 0.1) is 0 Å². The van der Waals surface area contributed by atoms with E-state index >= 15 is 0 Å². The van der Waals surface area contributed by atoms with Gasteiger partial charge in [0.05, 0.1) is 19.3 Å². The molecule has 3 N–H and O–H groups in total. The quantitative estimate of drug-likeness (QED) is 0.398. The molecule has 0 bridgehead atoms. The van der Waals surface area contributed by atoms with Crippen molar-refractivity contribution in [2.45, 2.75) is 38.6 Å². The first-order valence-electron chi connectivity index (χ1n) is 10.6. The minimum atomic E-state index is 0.427. The fourth-order valence-corrected chi connectivity index (χ4v) is 3.53. The van der Waals surface area contributed by atoms with Crippen molar-refractivity contribution in [1.29, 1.82) is 0 Å². The molecule has 10 nitrogen and oxygen atoms in total. The molecular formula is C21H27N9O. The smallest absolute Gasteiger partial charge is 0.225 e. The van der Waals surface area contributed by atoms with Crippen molar-refractivity contribution in [2.24, 2.45) is 10.7 Å². The van der Waals surface area contributed by atoms with Crippen LogP contribution in [0.5, 0.6) is 0 Å². The Morgan fingerprint density at radius 3 is 2.90 bits per heavy atom. The Balaban J connectivity index is 1.51. The Labute approximate surface area is 180 Å². The van der Waals surface area contributed by atoms with Crippen LogP contribution in [0.4, 0.5) is 5.95 Å². The number of aliphatic imine (C=N–C) groups is 1. The summed E-state index contributed by atoms with van der Waals surface area (Å²) in [5.41, 5.74) is 8.64. The Hall–Kier alpha value is -3.40. The number of allylic oxidation sites excluding steroid dienone is 1. The molecule has 3 aromatic heterocycles. The second-order valence-electron chi connectivity index (χ2n) is 7.29. The number of hydrogen-bond donors (Lipinski definition) is 2. The van der Waals surface area contributed by atoms with E-state index in [9.17, 15) is 0 Å². The average Bonchev–Trinajstić information content (AvgIpc) is 3.46. The Bertz CT molecular complexity index is 1050. The molecule has 10 heteroatoms. The number of aromatic nitrogens is 6. The molecule has 1 aliphatic rings. The van der Waals surface area contributed by atoms with E-state index in [4.69, 9.17) is 10.5 Å². The molecule has 0 aromatic carbocycles. The lowest BCUT2D eigenvalue weighted by Gasteiger charge is -2.11. The monoisotopic (exact) mass is 421 g/mol. The molecule has 1 aliphatic carbocycles. The Morgan fingerprint density at radius 1 is 1.29 bits per heavy atom. The molecule has 0 saturated heterocycles. The van der Waals surface area contributed by atoms with Crippen molar-refractivity contribution in [1.82, 2.24) is 29.9 Å². The van der Waals surface area contributed by atoms with Gasteiger partial charge < -0.3 is 15.8 Å². The molecule has 0 spiro atoms. The summed E-state index contributed by atoms with van der Waals surface area (Å²) in [6.07, 6.45) is 11.4. The summed E-state index contributed by atoms with van der Waals surface area (Å²) >= 11 is 0. The summed E-state index contributed by atoms with van der Waals surface area (Å²) in [6.45, 7) is 3.80. The van der Waals surface area contributed by atoms with Crippen molar-refractivity contribution in [3.63, 3.8) is 0 Å². The van der Waals surface area contributed by atoms with E-state index < -0.39 is 0 Å². The van der Waals surface area contributed by atoms with Crippen molar-refractivity contribution >= 4 is 28.9 Å². The number of hydrogen-bond acceptors (Lipinski definition) is 9. The summed E-state index contributed by atoms with van der Waals surface area (Å²) in [5.74, 6) is 1.21. The molecule has 4 rings (SSSR count). The molecule has 1 saturated carbocycles. The normalized spacial score (nSPS) is 15.3. The standard InChI is InChI=1S/C21H27N9O/c1-2-31-10-9-23-12-16(11-22)15-7-8-19(24-13-15)30-20-18(28-29-30)14-25-21(27-20)26-17-5-3-4-6-17/h7-8,11-14,17H,2-6,9-10,22H2,1H3,(H,25,26,27). The molecule has 1 fully saturated rings. The first-order chi connectivity index (χ1) is 15.3. The maximum Gasteiger partial charge on any atom is 0.225 e. The molecule has 3 aromatic rings. The summed E-state index contributed by atoms with van der Waals surface area (Å²) in [7, 11) is 0. The van der Waals surface area contributed by atoms with E-state index in [2.05, 4.69) is 35.6 Å². The van der Waals surface area contributed by atoms with Gasteiger partial charge in [-0.2, -0.15) is 9.67 Å². The predicted molar refractivity (Wildman–Crippen MR) is 120 cm³/mol. The van der Waals surface area contributed by atoms with Gasteiger partial charge in [0, 0.05) is 42.4 Å². The second-order valence-corrected chi connectivity index (χ2v) is 7.29. The Kier molecular flexibility index (Phi) is 6.78. The molecule has 3 heterocycles. The van der Waals surface area contributed by atoms with Crippen LogP contribution in [0.2, 0.25) is 0 Å². The highest BCUT2D eigenvalue weighted by Crippen LogP contribution is 2.22. The van der Waals surface area contributed by atoms with Gasteiger partial charge in [-0.05, 0) is 31.9 Å². The van der Waals surface area contributed by atoms with Gasteiger partial charge in [0.2, 0.25) is 5.95 Å². The van der Waals surface area contributed by atoms with Crippen LogP contribution in [0.25, 0.3) is 22.6 Å². The number of nitrogens with zero attached hydrogens (tertiary/aromatic N) is 7. The molecule has 162 valence electrons. The maximum absolute atomic E-state index is 5.77. The van der Waals surface area contributed by atoms with Gasteiger partial charge >= 0.3 is 0 Å². The van der Waals surface area contributed by atoms with Crippen LogP contribution in [0.3, 0.4) is 0 Å². The Morgan fingerprint density at radius 2 is 2.16 bits per heavy atom. The van der Waals surface area contributed by atoms with E-state index in [-0.39, 0.29) is 0 Å². The van der Waals surface area contributed by atoms with E-state index in [0.29, 0.717) is 48.7 Å². The van der Waals surface area contributed by atoms with Crippen LogP contribution in [0.15, 0.2) is 35.7 Å². The zero-order chi connectivity index (χ0) is 21.5. The number of pyridine rings is 1. The first kappa shape index (κ1) is 20.9. The lowest BCUT2D eigenvalue weighted by molar-refractivity contribution is 0.156. The van der Waals surface area contributed by atoms with Gasteiger partial charge in [-0.25, -0.2) is 9.97 Å². The molecule has 0 radical (unpaired) electrons. The number of anilines is 1. The maximum atomic E-state index is 5.77. The van der Waals surface area contributed by atoms with Gasteiger partial charge in [-0.15, -0.1) is 5.10 Å². The highest BCUT2D eigenvalue weighted by Gasteiger charge is 2.17. The van der Waals surface area contributed by atoms with E-state index in [0.717, 1.165) is 24.0 Å². The number of nitrogens with two attached hydrogens (primary N) is 1. The lowest BCUT2D eigenvalue weighted by atomic mass is 10.1. The number of nitrogens with one attached hydrogen (secondary N) is 1. The van der Waals surface area contributed by atoms with Gasteiger partial charge in [0.1, 0.15) is 0 Å². The van der Waals surface area contributed by atoms with Gasteiger partial charge in [-0.1, -0.05) is 18.1 Å². The summed E-state index contributed by atoms with van der Waals surface area (Å²) < 4.78 is 6.90. The minimum Gasteiger partial charge on any atom is -0.404 e. The molecular weight excluding hydrogens is 394 g/mol. The average molecular weight is 422 g/mol. The topological polar surface area (TPSA) is 129 Å². The fraction of sp³-hybridized carbons (Fsp3) is 0.429. The van der Waals surface area contributed by atoms with E-state index in [1.807, 2.05) is 19.1 Å². The van der Waals surface area contributed by atoms with Crippen molar-refractivity contribution in [3.05, 3.63) is 36.3 Å². The zero-order valence-electron chi connectivity index (χ0n) is 17.6. The van der Waals surface area contributed by atoms with Crippen molar-refractivity contribution < 1.29 is 4.74 Å². The number of ether oxygens (including phenoxy) is 1. The largest absolute Gasteiger partial charge is 0.404 e. The van der Waals surface area contributed by atoms with Gasteiger partial charge in [0.15, 0.2) is 17.0 Å². The van der Waals surface area contributed by atoms with Crippen LogP contribution < -0.4 is 11.1 Å². The highest BCUT2D eigenvalue weighted by atomic mass is 16.5. The highest BCUT2D eigenvalue weighted by molar-refractivity contribution is 6.09. The third-order valence-corrected chi connectivity index (χ3v) is 5.16. The van der Waals surface area contributed by atoms with Crippen LogP contribution >= 0.6 is 0 Å². The van der Waals surface area contributed by atoms with Crippen molar-refractivity contribution in [2.75, 3.05) is 25.1 Å². The first-order valence-corrected chi connectivity index (χ1v) is 10.6. The SMILES string of the molecule is CCOCCN=CC(=CN)c1ccc(-n2nnc3cnc(NC4CCCC4)nc32)nc1. The van der Waals surface area contributed by atoms with Crippen LogP contribution in [-0.4, -0.2) is 62.0 Å². The number of rotatable bonds is 9.